The molecule has 0 spiro atoms. The molecule has 0 aliphatic carbocycles. The minimum atomic E-state index is -0.435. The first kappa shape index (κ1) is 19.2. The molecule has 1 N–H and O–H groups in total. The number of carbonyl (C=O) groups is 2. The summed E-state index contributed by atoms with van der Waals surface area (Å²) in [6.45, 7) is 3.41. The number of esters is 1. The number of carbonyl (C=O) groups excluding carboxylic acids is 2. The fourth-order valence-electron chi connectivity index (χ4n) is 3.11. The SMILES string of the molecule is CCOC(=O)c1cnc(N2CCC(C(=O)Nc3ccccc3)CC2)c(Cl)c1. The molecule has 142 valence electrons. The van der Waals surface area contributed by atoms with Gasteiger partial charge in [0.15, 0.2) is 0 Å². The third-order valence-corrected chi connectivity index (χ3v) is 4.82. The second kappa shape index (κ2) is 8.86. The summed E-state index contributed by atoms with van der Waals surface area (Å²) in [5, 5.41) is 3.37. The molecule has 1 saturated heterocycles. The Morgan fingerprint density at radius 3 is 2.59 bits per heavy atom. The van der Waals surface area contributed by atoms with Crippen LogP contribution in [0.15, 0.2) is 42.6 Å². The highest BCUT2D eigenvalue weighted by molar-refractivity contribution is 6.33. The third kappa shape index (κ3) is 4.77. The molecule has 1 aliphatic rings. The summed E-state index contributed by atoms with van der Waals surface area (Å²) in [6.07, 6.45) is 2.92. The van der Waals surface area contributed by atoms with Gasteiger partial charge in [-0.15, -0.1) is 0 Å². The van der Waals surface area contributed by atoms with Crippen LogP contribution in [0.2, 0.25) is 5.02 Å². The Hall–Kier alpha value is -2.60. The Balaban J connectivity index is 1.59. The molecule has 1 aliphatic heterocycles. The van der Waals surface area contributed by atoms with Crippen molar-refractivity contribution in [3.63, 3.8) is 0 Å². The number of ether oxygens (including phenoxy) is 1. The van der Waals surface area contributed by atoms with Gasteiger partial charge in [0.05, 0.1) is 17.2 Å². The minimum Gasteiger partial charge on any atom is -0.462 e. The molecular formula is C20H22ClN3O3. The van der Waals surface area contributed by atoms with Crippen molar-refractivity contribution in [3.05, 3.63) is 53.2 Å². The Morgan fingerprint density at radius 1 is 1.26 bits per heavy atom. The average molecular weight is 388 g/mol. The first-order valence-corrected chi connectivity index (χ1v) is 9.39. The highest BCUT2D eigenvalue weighted by Crippen LogP contribution is 2.29. The zero-order valence-corrected chi connectivity index (χ0v) is 15.9. The van der Waals surface area contributed by atoms with Gasteiger partial charge in [0.2, 0.25) is 5.91 Å². The highest BCUT2D eigenvalue weighted by Gasteiger charge is 2.27. The van der Waals surface area contributed by atoms with Crippen LogP contribution in [0.25, 0.3) is 0 Å². The van der Waals surface area contributed by atoms with Gasteiger partial charge in [0, 0.05) is 30.9 Å². The van der Waals surface area contributed by atoms with Crippen molar-refractivity contribution in [2.45, 2.75) is 19.8 Å². The van der Waals surface area contributed by atoms with Gasteiger partial charge >= 0.3 is 5.97 Å². The second-order valence-electron chi connectivity index (χ2n) is 6.37. The molecule has 0 atom stereocenters. The molecule has 0 saturated carbocycles. The van der Waals surface area contributed by atoms with Crippen LogP contribution < -0.4 is 10.2 Å². The van der Waals surface area contributed by atoms with E-state index in [1.165, 1.54) is 6.20 Å². The van der Waals surface area contributed by atoms with Crippen molar-refractivity contribution in [2.75, 3.05) is 29.9 Å². The normalized spacial score (nSPS) is 14.7. The van der Waals surface area contributed by atoms with E-state index in [0.717, 1.165) is 18.5 Å². The lowest BCUT2D eigenvalue weighted by Gasteiger charge is -2.32. The van der Waals surface area contributed by atoms with E-state index < -0.39 is 5.97 Å². The van der Waals surface area contributed by atoms with E-state index in [4.69, 9.17) is 16.3 Å². The lowest BCUT2D eigenvalue weighted by atomic mass is 9.95. The number of nitrogens with zero attached hydrogens (tertiary/aromatic N) is 2. The van der Waals surface area contributed by atoms with E-state index >= 15 is 0 Å². The number of halogens is 1. The van der Waals surface area contributed by atoms with E-state index in [0.29, 0.717) is 36.1 Å². The number of rotatable bonds is 5. The quantitative estimate of drug-likeness (QED) is 0.791. The van der Waals surface area contributed by atoms with E-state index in [9.17, 15) is 9.59 Å². The van der Waals surface area contributed by atoms with Gasteiger partial charge in [-0.2, -0.15) is 0 Å². The number of anilines is 2. The summed E-state index contributed by atoms with van der Waals surface area (Å²) in [5.41, 5.74) is 1.15. The van der Waals surface area contributed by atoms with Gasteiger partial charge in [0.1, 0.15) is 5.82 Å². The molecule has 0 radical (unpaired) electrons. The average Bonchev–Trinajstić information content (AvgIpc) is 2.69. The molecule has 1 aromatic carbocycles. The fourth-order valence-corrected chi connectivity index (χ4v) is 3.39. The van der Waals surface area contributed by atoms with Crippen molar-refractivity contribution >= 4 is 35.0 Å². The molecule has 1 aromatic heterocycles. The van der Waals surface area contributed by atoms with Crippen molar-refractivity contribution in [1.82, 2.24) is 4.98 Å². The summed E-state index contributed by atoms with van der Waals surface area (Å²) < 4.78 is 4.96. The lowest BCUT2D eigenvalue weighted by molar-refractivity contribution is -0.120. The van der Waals surface area contributed by atoms with Crippen LogP contribution in [0.1, 0.15) is 30.1 Å². The van der Waals surface area contributed by atoms with E-state index in [2.05, 4.69) is 10.3 Å². The summed E-state index contributed by atoms with van der Waals surface area (Å²) in [5.74, 6) is 0.193. The number of hydrogen-bond donors (Lipinski definition) is 1. The van der Waals surface area contributed by atoms with Gasteiger partial charge < -0.3 is 15.0 Å². The van der Waals surface area contributed by atoms with Crippen LogP contribution in [0.4, 0.5) is 11.5 Å². The molecule has 27 heavy (non-hydrogen) atoms. The molecule has 2 heterocycles. The molecule has 6 nitrogen and oxygen atoms in total. The topological polar surface area (TPSA) is 71.5 Å². The highest BCUT2D eigenvalue weighted by atomic mass is 35.5. The van der Waals surface area contributed by atoms with Crippen molar-refractivity contribution in [3.8, 4) is 0 Å². The van der Waals surface area contributed by atoms with Gasteiger partial charge in [-0.05, 0) is 38.0 Å². The summed E-state index contributed by atoms with van der Waals surface area (Å²) in [6, 6.07) is 11.0. The molecule has 0 unspecified atom stereocenters. The van der Waals surface area contributed by atoms with E-state index in [1.54, 1.807) is 13.0 Å². The van der Waals surface area contributed by atoms with Crippen molar-refractivity contribution < 1.29 is 14.3 Å². The smallest absolute Gasteiger partial charge is 0.339 e. The van der Waals surface area contributed by atoms with Crippen molar-refractivity contribution in [2.24, 2.45) is 5.92 Å². The van der Waals surface area contributed by atoms with Gasteiger partial charge in [0.25, 0.3) is 0 Å². The number of pyridine rings is 1. The third-order valence-electron chi connectivity index (χ3n) is 4.54. The summed E-state index contributed by atoms with van der Waals surface area (Å²) in [7, 11) is 0. The Labute approximate surface area is 163 Å². The predicted octanol–water partition coefficient (Wildman–Crippen LogP) is 3.77. The number of hydrogen-bond acceptors (Lipinski definition) is 5. The molecule has 0 bridgehead atoms. The lowest BCUT2D eigenvalue weighted by Crippen LogP contribution is -2.38. The molecule has 2 aromatic rings. The number of aromatic nitrogens is 1. The summed E-state index contributed by atoms with van der Waals surface area (Å²) >= 11 is 6.32. The van der Waals surface area contributed by atoms with Crippen LogP contribution in [0.5, 0.6) is 0 Å². The van der Waals surface area contributed by atoms with E-state index in [-0.39, 0.29) is 11.8 Å². The summed E-state index contributed by atoms with van der Waals surface area (Å²) in [4.78, 5) is 30.6. The first-order valence-electron chi connectivity index (χ1n) is 9.02. The number of benzene rings is 1. The van der Waals surface area contributed by atoms with Crippen molar-refractivity contribution in [1.29, 1.82) is 0 Å². The van der Waals surface area contributed by atoms with Gasteiger partial charge in [-0.1, -0.05) is 29.8 Å². The number of amides is 1. The molecule has 7 heteroatoms. The monoisotopic (exact) mass is 387 g/mol. The Morgan fingerprint density at radius 2 is 1.96 bits per heavy atom. The van der Waals surface area contributed by atoms with Crippen LogP contribution >= 0.6 is 11.6 Å². The van der Waals surface area contributed by atoms with Crippen LogP contribution in [-0.2, 0) is 9.53 Å². The zero-order chi connectivity index (χ0) is 19.2. The van der Waals surface area contributed by atoms with Crippen LogP contribution in [-0.4, -0.2) is 36.6 Å². The van der Waals surface area contributed by atoms with Gasteiger partial charge in [-0.3, -0.25) is 4.79 Å². The minimum absolute atomic E-state index is 0.0394. The second-order valence-corrected chi connectivity index (χ2v) is 6.77. The number of para-hydroxylation sites is 1. The standard InChI is InChI=1S/C20H22ClN3O3/c1-2-27-20(26)15-12-17(21)18(22-13-15)24-10-8-14(9-11-24)19(25)23-16-6-4-3-5-7-16/h3-7,12-14H,2,8-11H2,1H3,(H,23,25). The maximum atomic E-state index is 12.4. The largest absolute Gasteiger partial charge is 0.462 e. The molecule has 1 fully saturated rings. The van der Waals surface area contributed by atoms with Gasteiger partial charge in [-0.25, -0.2) is 9.78 Å². The zero-order valence-electron chi connectivity index (χ0n) is 15.2. The Bertz CT molecular complexity index is 805. The molecule has 3 rings (SSSR count). The fraction of sp³-hybridized carbons (Fsp3) is 0.350. The van der Waals surface area contributed by atoms with E-state index in [1.807, 2.05) is 35.2 Å². The maximum absolute atomic E-state index is 12.4. The Kier molecular flexibility index (Phi) is 6.29. The number of piperidine rings is 1. The number of nitrogens with one attached hydrogen (secondary N) is 1. The van der Waals surface area contributed by atoms with Crippen LogP contribution in [0, 0.1) is 5.92 Å². The maximum Gasteiger partial charge on any atom is 0.339 e. The van der Waals surface area contributed by atoms with Crippen LogP contribution in [0.3, 0.4) is 0 Å². The molecule has 1 amide bonds. The first-order chi connectivity index (χ1) is 13.1. The predicted molar refractivity (Wildman–Crippen MR) is 105 cm³/mol. The molecular weight excluding hydrogens is 366 g/mol.